The second kappa shape index (κ2) is 13.6. The van der Waals surface area contributed by atoms with Crippen LogP contribution in [0.25, 0.3) is 0 Å². The van der Waals surface area contributed by atoms with Gasteiger partial charge in [0.1, 0.15) is 0 Å². The van der Waals surface area contributed by atoms with E-state index in [0.717, 1.165) is 18.7 Å². The molecule has 1 N–H and O–H groups in total. The van der Waals surface area contributed by atoms with Gasteiger partial charge in [-0.3, -0.25) is 0 Å². The Bertz CT molecular complexity index is 380. The summed E-state index contributed by atoms with van der Waals surface area (Å²) < 4.78 is 5.54. The van der Waals surface area contributed by atoms with Crippen molar-refractivity contribution < 1.29 is 4.74 Å². The monoisotopic (exact) mass is 321 g/mol. The summed E-state index contributed by atoms with van der Waals surface area (Å²) >= 11 is 5.17. The molecule has 0 aliphatic heterocycles. The highest BCUT2D eigenvalue weighted by molar-refractivity contribution is 7.80. The minimum Gasteiger partial charge on any atom is -0.471 e. The lowest BCUT2D eigenvalue weighted by Gasteiger charge is -2.09. The van der Waals surface area contributed by atoms with Crippen molar-refractivity contribution in [2.75, 3.05) is 11.9 Å². The fourth-order valence-corrected chi connectivity index (χ4v) is 2.63. The molecular weight excluding hydrogens is 290 g/mol. The molecule has 0 fully saturated rings. The van der Waals surface area contributed by atoms with Crippen molar-refractivity contribution in [2.45, 2.75) is 71.1 Å². The van der Waals surface area contributed by atoms with Gasteiger partial charge in [0.25, 0.3) is 5.17 Å². The molecule has 0 aliphatic rings. The van der Waals surface area contributed by atoms with Crippen molar-refractivity contribution in [1.82, 2.24) is 0 Å². The standard InChI is InChI=1S/C19H31NOS/c1-2-3-4-5-6-7-8-9-10-14-17-21-19(22)20-18-15-12-11-13-16-18/h11-13,15-16H,2-10,14,17H2,1H3,(H,20,22). The number of anilines is 1. The Morgan fingerprint density at radius 2 is 1.41 bits per heavy atom. The lowest BCUT2D eigenvalue weighted by molar-refractivity contribution is 0.298. The van der Waals surface area contributed by atoms with Gasteiger partial charge in [-0.15, -0.1) is 0 Å². The van der Waals surface area contributed by atoms with Gasteiger partial charge in [-0.25, -0.2) is 0 Å². The van der Waals surface area contributed by atoms with Gasteiger partial charge in [0, 0.05) is 5.69 Å². The minimum absolute atomic E-state index is 0.474. The molecule has 2 nitrogen and oxygen atoms in total. The van der Waals surface area contributed by atoms with Crippen molar-refractivity contribution in [2.24, 2.45) is 0 Å². The molecule has 0 saturated carbocycles. The zero-order chi connectivity index (χ0) is 15.9. The van der Waals surface area contributed by atoms with Crippen LogP contribution >= 0.6 is 12.2 Å². The fraction of sp³-hybridized carbons (Fsp3) is 0.632. The second-order valence-corrected chi connectivity index (χ2v) is 6.18. The van der Waals surface area contributed by atoms with Crippen molar-refractivity contribution in [1.29, 1.82) is 0 Å². The second-order valence-electron chi connectivity index (χ2n) is 5.81. The average molecular weight is 322 g/mol. The molecule has 0 amide bonds. The Hall–Kier alpha value is -1.09. The van der Waals surface area contributed by atoms with Crippen LogP contribution in [0.3, 0.4) is 0 Å². The van der Waals surface area contributed by atoms with Gasteiger partial charge >= 0.3 is 0 Å². The van der Waals surface area contributed by atoms with Crippen LogP contribution in [0, 0.1) is 0 Å². The zero-order valence-corrected chi connectivity index (χ0v) is 14.8. The third kappa shape index (κ3) is 10.6. The fourth-order valence-electron chi connectivity index (χ4n) is 2.43. The summed E-state index contributed by atoms with van der Waals surface area (Å²) in [6, 6.07) is 9.91. The Morgan fingerprint density at radius 1 is 0.864 bits per heavy atom. The summed E-state index contributed by atoms with van der Waals surface area (Å²) in [6.07, 6.45) is 13.4. The van der Waals surface area contributed by atoms with Gasteiger partial charge in [0.15, 0.2) is 0 Å². The first-order valence-electron chi connectivity index (χ1n) is 8.81. The number of ether oxygens (including phenoxy) is 1. The summed E-state index contributed by atoms with van der Waals surface area (Å²) in [5, 5.41) is 3.56. The summed E-state index contributed by atoms with van der Waals surface area (Å²) in [5.41, 5.74) is 0.982. The molecule has 0 spiro atoms. The SMILES string of the molecule is CCCCCCCCCCCCOC(=S)Nc1ccccc1. The highest BCUT2D eigenvalue weighted by Gasteiger charge is 1.98. The maximum absolute atomic E-state index is 5.54. The zero-order valence-electron chi connectivity index (χ0n) is 14.0. The van der Waals surface area contributed by atoms with E-state index in [1.54, 1.807) is 0 Å². The van der Waals surface area contributed by atoms with Gasteiger partial charge in [0.05, 0.1) is 6.61 Å². The molecule has 0 atom stereocenters. The normalized spacial score (nSPS) is 10.4. The van der Waals surface area contributed by atoms with Gasteiger partial charge in [-0.2, -0.15) is 0 Å². The van der Waals surface area contributed by atoms with E-state index in [2.05, 4.69) is 12.2 Å². The molecule has 22 heavy (non-hydrogen) atoms. The molecule has 3 heteroatoms. The Balaban J connectivity index is 1.86. The van der Waals surface area contributed by atoms with Crippen molar-refractivity contribution >= 4 is 23.1 Å². The van der Waals surface area contributed by atoms with E-state index >= 15 is 0 Å². The van der Waals surface area contributed by atoms with Crippen molar-refractivity contribution in [3.05, 3.63) is 30.3 Å². The van der Waals surface area contributed by atoms with Crippen LogP contribution in [0.4, 0.5) is 5.69 Å². The largest absolute Gasteiger partial charge is 0.471 e. The molecule has 0 saturated heterocycles. The van der Waals surface area contributed by atoms with E-state index in [4.69, 9.17) is 17.0 Å². The Labute approximate surface area is 141 Å². The number of nitrogens with one attached hydrogen (secondary N) is 1. The Morgan fingerprint density at radius 3 is 2.00 bits per heavy atom. The van der Waals surface area contributed by atoms with E-state index in [-0.39, 0.29) is 0 Å². The van der Waals surface area contributed by atoms with E-state index in [1.165, 1.54) is 57.8 Å². The number of rotatable bonds is 12. The van der Waals surface area contributed by atoms with Crippen LogP contribution in [0.5, 0.6) is 0 Å². The van der Waals surface area contributed by atoms with Gasteiger partial charge in [0.2, 0.25) is 0 Å². The van der Waals surface area contributed by atoms with Crippen LogP contribution in [-0.2, 0) is 4.74 Å². The highest BCUT2D eigenvalue weighted by Crippen LogP contribution is 2.11. The molecule has 124 valence electrons. The molecule has 0 aliphatic carbocycles. The van der Waals surface area contributed by atoms with Gasteiger partial charge in [-0.1, -0.05) is 82.9 Å². The molecule has 1 aromatic rings. The quantitative estimate of drug-likeness (QED) is 0.359. The van der Waals surface area contributed by atoms with Crippen LogP contribution in [0.2, 0.25) is 0 Å². The lowest BCUT2D eigenvalue weighted by atomic mass is 10.1. The molecule has 0 bridgehead atoms. The molecule has 1 rings (SSSR count). The summed E-state index contributed by atoms with van der Waals surface area (Å²) in [7, 11) is 0. The first kappa shape index (κ1) is 19.0. The number of thiocarbonyl (C=S) groups is 1. The highest BCUT2D eigenvalue weighted by atomic mass is 32.1. The lowest BCUT2D eigenvalue weighted by Crippen LogP contribution is -2.13. The number of unbranched alkanes of at least 4 members (excludes halogenated alkanes) is 9. The van der Waals surface area contributed by atoms with Gasteiger partial charge in [-0.05, 0) is 30.8 Å². The predicted molar refractivity (Wildman–Crippen MR) is 100 cm³/mol. The third-order valence-electron chi connectivity index (χ3n) is 3.75. The predicted octanol–water partition coefficient (Wildman–Crippen LogP) is 6.32. The number of hydrogen-bond donors (Lipinski definition) is 1. The summed E-state index contributed by atoms with van der Waals surface area (Å²) in [4.78, 5) is 0. The van der Waals surface area contributed by atoms with E-state index < -0.39 is 0 Å². The number of benzene rings is 1. The van der Waals surface area contributed by atoms with Crippen LogP contribution in [-0.4, -0.2) is 11.8 Å². The minimum atomic E-state index is 0.474. The van der Waals surface area contributed by atoms with E-state index in [9.17, 15) is 0 Å². The molecule has 0 aromatic heterocycles. The van der Waals surface area contributed by atoms with Crippen LogP contribution < -0.4 is 5.32 Å². The number of para-hydroxylation sites is 1. The summed E-state index contributed by atoms with van der Waals surface area (Å²) in [6.45, 7) is 2.98. The first-order valence-corrected chi connectivity index (χ1v) is 9.22. The first-order chi connectivity index (χ1) is 10.8. The smallest absolute Gasteiger partial charge is 0.261 e. The molecule has 1 aromatic carbocycles. The maximum Gasteiger partial charge on any atom is 0.261 e. The topological polar surface area (TPSA) is 21.3 Å². The number of hydrogen-bond acceptors (Lipinski definition) is 2. The van der Waals surface area contributed by atoms with Crippen LogP contribution in [0.15, 0.2) is 30.3 Å². The maximum atomic E-state index is 5.54. The van der Waals surface area contributed by atoms with Crippen molar-refractivity contribution in [3.63, 3.8) is 0 Å². The molecule has 0 radical (unpaired) electrons. The molecule has 0 heterocycles. The van der Waals surface area contributed by atoms with Crippen molar-refractivity contribution in [3.8, 4) is 0 Å². The average Bonchev–Trinajstić information content (AvgIpc) is 2.53. The van der Waals surface area contributed by atoms with E-state index in [1.807, 2.05) is 30.3 Å². The summed E-state index contributed by atoms with van der Waals surface area (Å²) in [5.74, 6) is 0. The van der Waals surface area contributed by atoms with E-state index in [0.29, 0.717) is 5.17 Å². The van der Waals surface area contributed by atoms with Crippen LogP contribution in [0.1, 0.15) is 71.1 Å². The molecular formula is C19H31NOS. The molecule has 0 unspecified atom stereocenters. The third-order valence-corrected chi connectivity index (χ3v) is 3.97. The Kier molecular flexibility index (Phi) is 11.7. The van der Waals surface area contributed by atoms with Gasteiger partial charge < -0.3 is 10.1 Å².